The number of imidazole rings is 1. The Labute approximate surface area is 399 Å². The van der Waals surface area contributed by atoms with Gasteiger partial charge in [0.15, 0.2) is 0 Å². The zero-order valence-corrected chi connectivity index (χ0v) is 43.6. The minimum Gasteiger partial charge on any atom is -0.465 e. The van der Waals surface area contributed by atoms with Crippen molar-refractivity contribution in [1.82, 2.24) is 14.5 Å². The lowest BCUT2D eigenvalue weighted by molar-refractivity contribution is -0.145. The SMILES string of the molecule is CCCCCCCCCCCCCCCN(CCC(C)n1ccnc1)C(CCCCCCCCC=O)CCCCCCCCCCC(=O)OCC(CCCC)CCCCCCCCC. The summed E-state index contributed by atoms with van der Waals surface area (Å²) >= 11 is 0. The molecule has 0 N–H and O–H groups in total. The van der Waals surface area contributed by atoms with Crippen LogP contribution in [0.2, 0.25) is 0 Å². The zero-order chi connectivity index (χ0) is 46.2. The Hall–Kier alpha value is -1.69. The molecule has 0 bridgehead atoms. The molecule has 64 heavy (non-hydrogen) atoms. The number of ether oxygens (including phenoxy) is 1. The quantitative estimate of drug-likeness (QED) is 0.0370. The Morgan fingerprint density at radius 3 is 1.45 bits per heavy atom. The standard InChI is InChI=1S/C58H111N3O3/c1-5-8-11-13-15-16-17-18-19-22-28-34-40-49-60(50-47-55(4)61-51-48-59-54-61)57(45-38-32-26-23-29-35-41-52-62)44-37-31-25-20-21-27-33-39-46-58(63)64-53-56(42-10-7-3)43-36-30-24-14-12-9-6-2/h48,51-52,54-57H,5-47,49-50,53H2,1-4H3. The van der Waals surface area contributed by atoms with Crippen molar-refractivity contribution < 1.29 is 14.3 Å². The first-order valence-corrected chi connectivity index (χ1v) is 28.9. The molecule has 0 amide bonds. The Bertz CT molecular complexity index is 1080. The maximum atomic E-state index is 12.6. The number of carbonyl (C=O) groups is 2. The monoisotopic (exact) mass is 898 g/mol. The molecule has 1 heterocycles. The normalized spacial score (nSPS) is 13.1. The van der Waals surface area contributed by atoms with Crippen molar-refractivity contribution in [3.63, 3.8) is 0 Å². The van der Waals surface area contributed by atoms with Crippen LogP contribution in [0.25, 0.3) is 0 Å². The molecule has 0 spiro atoms. The Kier molecular flexibility index (Phi) is 45.0. The highest BCUT2D eigenvalue weighted by Gasteiger charge is 2.19. The molecule has 376 valence electrons. The van der Waals surface area contributed by atoms with Gasteiger partial charge in [0.1, 0.15) is 6.29 Å². The molecule has 0 saturated carbocycles. The smallest absolute Gasteiger partial charge is 0.305 e. The number of aldehydes is 1. The largest absolute Gasteiger partial charge is 0.465 e. The first-order chi connectivity index (χ1) is 31.5. The molecular weight excluding hydrogens is 787 g/mol. The Morgan fingerprint density at radius 2 is 0.969 bits per heavy atom. The van der Waals surface area contributed by atoms with Crippen molar-refractivity contribution in [3.05, 3.63) is 18.7 Å². The summed E-state index contributed by atoms with van der Waals surface area (Å²) in [5.74, 6) is 0.582. The van der Waals surface area contributed by atoms with Crippen molar-refractivity contribution >= 4 is 12.3 Å². The van der Waals surface area contributed by atoms with Gasteiger partial charge in [-0.1, -0.05) is 233 Å². The van der Waals surface area contributed by atoms with Crippen LogP contribution in [-0.4, -0.2) is 52.4 Å². The van der Waals surface area contributed by atoms with Crippen molar-refractivity contribution in [3.8, 4) is 0 Å². The van der Waals surface area contributed by atoms with E-state index in [1.807, 2.05) is 12.5 Å². The molecule has 0 aliphatic rings. The third-order valence-electron chi connectivity index (χ3n) is 14.4. The fourth-order valence-electron chi connectivity index (χ4n) is 9.85. The molecule has 0 fully saturated rings. The van der Waals surface area contributed by atoms with Crippen molar-refractivity contribution in [2.24, 2.45) is 5.92 Å². The van der Waals surface area contributed by atoms with E-state index in [4.69, 9.17) is 4.74 Å². The minimum atomic E-state index is 0.0320. The first kappa shape index (κ1) is 60.3. The number of nitrogens with zero attached hydrogens (tertiary/aromatic N) is 3. The number of carbonyl (C=O) groups excluding carboxylic acids is 2. The summed E-state index contributed by atoms with van der Waals surface area (Å²) in [5, 5.41) is 0. The van der Waals surface area contributed by atoms with E-state index in [0.717, 1.165) is 32.0 Å². The number of rotatable bonds is 52. The molecule has 0 aliphatic carbocycles. The van der Waals surface area contributed by atoms with Crippen LogP contribution in [0, 0.1) is 5.92 Å². The van der Waals surface area contributed by atoms with E-state index in [2.05, 4.69) is 48.3 Å². The van der Waals surface area contributed by atoms with Gasteiger partial charge in [0.25, 0.3) is 0 Å². The van der Waals surface area contributed by atoms with Gasteiger partial charge in [-0.3, -0.25) is 4.79 Å². The molecule has 6 nitrogen and oxygen atoms in total. The van der Waals surface area contributed by atoms with Crippen LogP contribution < -0.4 is 0 Å². The molecule has 0 saturated heterocycles. The third-order valence-corrected chi connectivity index (χ3v) is 14.4. The molecule has 1 aromatic heterocycles. The molecule has 3 unspecified atom stereocenters. The number of hydrogen-bond donors (Lipinski definition) is 0. The van der Waals surface area contributed by atoms with Crippen LogP contribution in [0.5, 0.6) is 0 Å². The number of unbranched alkanes of at least 4 members (excludes halogenated alkanes) is 32. The summed E-state index contributed by atoms with van der Waals surface area (Å²) < 4.78 is 8.11. The summed E-state index contributed by atoms with van der Waals surface area (Å²) in [4.78, 5) is 30.6. The van der Waals surface area contributed by atoms with Gasteiger partial charge in [-0.05, 0) is 70.8 Å². The summed E-state index contributed by atoms with van der Waals surface area (Å²) in [7, 11) is 0. The zero-order valence-electron chi connectivity index (χ0n) is 43.6. The van der Waals surface area contributed by atoms with E-state index in [1.165, 1.54) is 257 Å². The van der Waals surface area contributed by atoms with E-state index in [0.29, 0.717) is 31.0 Å². The fraction of sp³-hybridized carbons (Fsp3) is 0.914. The van der Waals surface area contributed by atoms with Crippen LogP contribution in [-0.2, 0) is 14.3 Å². The highest BCUT2D eigenvalue weighted by atomic mass is 16.5. The summed E-state index contributed by atoms with van der Waals surface area (Å²) in [6, 6.07) is 1.16. The lowest BCUT2D eigenvalue weighted by atomic mass is 9.95. The van der Waals surface area contributed by atoms with E-state index in [1.54, 1.807) is 0 Å². The molecule has 1 rings (SSSR count). The Morgan fingerprint density at radius 1 is 0.531 bits per heavy atom. The second kappa shape index (κ2) is 47.8. The van der Waals surface area contributed by atoms with Gasteiger partial charge in [-0.25, -0.2) is 4.98 Å². The third kappa shape index (κ3) is 38.4. The summed E-state index contributed by atoms with van der Waals surface area (Å²) in [6.07, 6.45) is 62.4. The molecule has 6 heteroatoms. The number of hydrogen-bond acceptors (Lipinski definition) is 5. The lowest BCUT2D eigenvalue weighted by Gasteiger charge is -2.33. The average molecular weight is 899 g/mol. The molecular formula is C58H111N3O3. The van der Waals surface area contributed by atoms with Gasteiger partial charge in [0, 0.05) is 43.9 Å². The molecule has 0 radical (unpaired) electrons. The average Bonchev–Trinajstić information content (AvgIpc) is 3.86. The maximum Gasteiger partial charge on any atom is 0.305 e. The van der Waals surface area contributed by atoms with E-state index in [9.17, 15) is 9.59 Å². The molecule has 0 aromatic carbocycles. The fourth-order valence-corrected chi connectivity index (χ4v) is 9.85. The second-order valence-electron chi connectivity index (χ2n) is 20.4. The van der Waals surface area contributed by atoms with Crippen LogP contribution in [0.4, 0.5) is 0 Å². The van der Waals surface area contributed by atoms with Crippen molar-refractivity contribution in [1.29, 1.82) is 0 Å². The maximum absolute atomic E-state index is 12.6. The molecule has 3 atom stereocenters. The van der Waals surface area contributed by atoms with Crippen LogP contribution >= 0.6 is 0 Å². The van der Waals surface area contributed by atoms with Crippen LogP contribution in [0.3, 0.4) is 0 Å². The van der Waals surface area contributed by atoms with E-state index in [-0.39, 0.29) is 5.97 Å². The predicted molar refractivity (Wildman–Crippen MR) is 278 cm³/mol. The van der Waals surface area contributed by atoms with Gasteiger partial charge < -0.3 is 19.0 Å². The van der Waals surface area contributed by atoms with Crippen molar-refractivity contribution in [2.75, 3.05) is 19.7 Å². The Balaban J connectivity index is 2.49. The van der Waals surface area contributed by atoms with Gasteiger partial charge >= 0.3 is 5.97 Å². The minimum absolute atomic E-state index is 0.0320. The van der Waals surface area contributed by atoms with E-state index < -0.39 is 0 Å². The topological polar surface area (TPSA) is 64.4 Å². The van der Waals surface area contributed by atoms with Crippen LogP contribution in [0.1, 0.15) is 310 Å². The summed E-state index contributed by atoms with van der Waals surface area (Å²) in [6.45, 7) is 12.3. The number of esters is 1. The first-order valence-electron chi connectivity index (χ1n) is 28.9. The predicted octanol–water partition coefficient (Wildman–Crippen LogP) is 18.3. The second-order valence-corrected chi connectivity index (χ2v) is 20.4. The van der Waals surface area contributed by atoms with Gasteiger partial charge in [-0.15, -0.1) is 0 Å². The van der Waals surface area contributed by atoms with Gasteiger partial charge in [0.05, 0.1) is 12.9 Å². The van der Waals surface area contributed by atoms with Gasteiger partial charge in [-0.2, -0.15) is 0 Å². The van der Waals surface area contributed by atoms with E-state index >= 15 is 0 Å². The molecule has 1 aromatic rings. The highest BCUT2D eigenvalue weighted by Crippen LogP contribution is 2.24. The molecule has 0 aliphatic heterocycles. The van der Waals surface area contributed by atoms with Crippen molar-refractivity contribution in [2.45, 2.75) is 316 Å². The summed E-state index contributed by atoms with van der Waals surface area (Å²) in [5.41, 5.74) is 0. The lowest BCUT2D eigenvalue weighted by Crippen LogP contribution is -2.37. The van der Waals surface area contributed by atoms with Crippen LogP contribution in [0.15, 0.2) is 18.7 Å². The van der Waals surface area contributed by atoms with Gasteiger partial charge in [0.2, 0.25) is 0 Å². The highest BCUT2D eigenvalue weighted by molar-refractivity contribution is 5.69. The number of aromatic nitrogens is 2.